The normalized spacial score (nSPS) is 22.7. The first-order valence-electron chi connectivity index (χ1n) is 8.35. The number of rotatable bonds is 4. The van der Waals surface area contributed by atoms with Crippen molar-refractivity contribution in [3.05, 3.63) is 15.6 Å². The van der Waals surface area contributed by atoms with Gasteiger partial charge in [0, 0.05) is 48.3 Å². The Labute approximate surface area is 147 Å². The number of piperidine rings is 1. The fourth-order valence-corrected chi connectivity index (χ4v) is 4.36. The third-order valence-corrected chi connectivity index (χ3v) is 6.66. The van der Waals surface area contributed by atoms with Crippen LogP contribution in [0.4, 0.5) is 0 Å². The molecule has 0 aliphatic carbocycles. The van der Waals surface area contributed by atoms with Gasteiger partial charge in [0.1, 0.15) is 0 Å². The molecule has 2 N–H and O–H groups in total. The van der Waals surface area contributed by atoms with Crippen molar-refractivity contribution in [1.82, 2.24) is 20.5 Å². The summed E-state index contributed by atoms with van der Waals surface area (Å²) in [6, 6.07) is 0.233. The molecule has 5 nitrogen and oxygen atoms in total. The number of thiol groups is 1. The third-order valence-electron chi connectivity index (χ3n) is 4.80. The molecule has 1 saturated heterocycles. The number of carbonyl (C=O) groups excluding carboxylic acids is 1. The number of aromatic nitrogens is 1. The molecular formula is C16H26N4OS2. The highest BCUT2D eigenvalue weighted by Gasteiger charge is 2.31. The number of hydrogen-bond donors (Lipinski definition) is 3. The van der Waals surface area contributed by atoms with Crippen LogP contribution in [-0.4, -0.2) is 52.8 Å². The minimum Gasteiger partial charge on any atom is -0.346 e. The van der Waals surface area contributed by atoms with Crippen LogP contribution in [0.3, 0.4) is 0 Å². The second-order valence-corrected chi connectivity index (χ2v) is 8.45. The van der Waals surface area contributed by atoms with E-state index in [0.717, 1.165) is 56.9 Å². The maximum atomic E-state index is 12.4. The Balaban J connectivity index is 1.66. The Bertz CT molecular complexity index is 566. The summed E-state index contributed by atoms with van der Waals surface area (Å²) in [5.41, 5.74) is 1.18. The number of nitrogens with zero attached hydrogens (tertiary/aromatic N) is 2. The Morgan fingerprint density at radius 3 is 3.09 bits per heavy atom. The zero-order chi connectivity index (χ0) is 16.4. The number of hydrogen-bond acceptors (Lipinski definition) is 6. The van der Waals surface area contributed by atoms with Gasteiger partial charge in [0.25, 0.3) is 5.91 Å². The van der Waals surface area contributed by atoms with Crippen LogP contribution in [0.2, 0.25) is 0 Å². The Kier molecular flexibility index (Phi) is 5.30. The van der Waals surface area contributed by atoms with Gasteiger partial charge in [0.2, 0.25) is 0 Å². The van der Waals surface area contributed by atoms with Gasteiger partial charge in [0.15, 0.2) is 5.01 Å². The second-order valence-electron chi connectivity index (χ2n) is 7.05. The average Bonchev–Trinajstić information content (AvgIpc) is 2.99. The molecule has 2 aliphatic heterocycles. The van der Waals surface area contributed by atoms with Crippen molar-refractivity contribution in [3.63, 3.8) is 0 Å². The van der Waals surface area contributed by atoms with Crippen LogP contribution in [0.1, 0.15) is 47.1 Å². The smallest absolute Gasteiger partial charge is 0.280 e. The van der Waals surface area contributed by atoms with E-state index < -0.39 is 0 Å². The zero-order valence-corrected chi connectivity index (χ0v) is 15.6. The highest BCUT2D eigenvalue weighted by atomic mass is 32.1. The van der Waals surface area contributed by atoms with Crippen LogP contribution in [0.25, 0.3) is 0 Å². The van der Waals surface area contributed by atoms with Crippen molar-refractivity contribution in [2.75, 3.05) is 25.4 Å². The van der Waals surface area contributed by atoms with Crippen molar-refractivity contribution in [2.45, 2.75) is 51.2 Å². The largest absolute Gasteiger partial charge is 0.346 e. The SMILES string of the molecule is CC(C)(CS)N1CCc2nc(C(=O)N[C@H]3CCCNC3)sc2C1. The first kappa shape index (κ1) is 17.2. The topological polar surface area (TPSA) is 57.3 Å². The molecule has 23 heavy (non-hydrogen) atoms. The van der Waals surface area contributed by atoms with Gasteiger partial charge in [-0.2, -0.15) is 12.6 Å². The first-order chi connectivity index (χ1) is 11.0. The van der Waals surface area contributed by atoms with E-state index in [1.807, 2.05) is 0 Å². The Morgan fingerprint density at radius 1 is 1.57 bits per heavy atom. The lowest BCUT2D eigenvalue weighted by molar-refractivity contribution is 0.0929. The van der Waals surface area contributed by atoms with Crippen LogP contribution >= 0.6 is 24.0 Å². The van der Waals surface area contributed by atoms with Gasteiger partial charge in [0.05, 0.1) is 5.69 Å². The molecule has 1 aromatic rings. The van der Waals surface area contributed by atoms with Crippen LogP contribution in [0.15, 0.2) is 0 Å². The molecule has 3 heterocycles. The third kappa shape index (κ3) is 3.90. The highest BCUT2D eigenvalue weighted by Crippen LogP contribution is 2.29. The van der Waals surface area contributed by atoms with Crippen LogP contribution in [-0.2, 0) is 13.0 Å². The lowest BCUT2D eigenvalue weighted by Crippen LogP contribution is -2.47. The van der Waals surface area contributed by atoms with Gasteiger partial charge >= 0.3 is 0 Å². The summed E-state index contributed by atoms with van der Waals surface area (Å²) < 4.78 is 0. The van der Waals surface area contributed by atoms with Gasteiger partial charge in [-0.05, 0) is 33.2 Å². The summed E-state index contributed by atoms with van der Waals surface area (Å²) in [6.07, 6.45) is 3.09. The molecule has 3 rings (SSSR count). The summed E-state index contributed by atoms with van der Waals surface area (Å²) in [5.74, 6) is 0.807. The lowest BCUT2D eigenvalue weighted by atomic mass is 10.0. The molecule has 1 atom stereocenters. The Hall–Kier alpha value is -0.630. The van der Waals surface area contributed by atoms with Gasteiger partial charge in [-0.15, -0.1) is 11.3 Å². The maximum absolute atomic E-state index is 12.4. The molecule has 0 bridgehead atoms. The predicted molar refractivity (Wildman–Crippen MR) is 97.5 cm³/mol. The Morgan fingerprint density at radius 2 is 2.39 bits per heavy atom. The summed E-state index contributed by atoms with van der Waals surface area (Å²) >= 11 is 6.02. The van der Waals surface area contributed by atoms with Crippen molar-refractivity contribution in [2.24, 2.45) is 0 Å². The molecule has 0 aromatic carbocycles. The van der Waals surface area contributed by atoms with E-state index in [2.05, 4.69) is 47.0 Å². The monoisotopic (exact) mass is 354 g/mol. The van der Waals surface area contributed by atoms with E-state index in [1.54, 1.807) is 11.3 Å². The number of fused-ring (bicyclic) bond motifs is 1. The minimum absolute atomic E-state index is 0.0156. The number of amides is 1. The zero-order valence-electron chi connectivity index (χ0n) is 13.9. The predicted octanol–water partition coefficient (Wildman–Crippen LogP) is 1.69. The molecular weight excluding hydrogens is 328 g/mol. The molecule has 2 aliphatic rings. The molecule has 0 unspecified atom stereocenters. The standard InChI is InChI=1S/C16H26N4OS2/c1-16(2,10-22)20-7-5-12-13(9-20)23-15(19-12)14(21)18-11-4-3-6-17-8-11/h11,17,22H,3-10H2,1-2H3,(H,18,21)/t11-/m0/s1. The second kappa shape index (κ2) is 7.09. The summed E-state index contributed by atoms with van der Waals surface area (Å²) in [4.78, 5) is 20.7. The van der Waals surface area contributed by atoms with Crippen molar-refractivity contribution in [3.8, 4) is 0 Å². The van der Waals surface area contributed by atoms with E-state index in [4.69, 9.17) is 0 Å². The van der Waals surface area contributed by atoms with E-state index >= 15 is 0 Å². The van der Waals surface area contributed by atoms with Gasteiger partial charge in [-0.3, -0.25) is 9.69 Å². The first-order valence-corrected chi connectivity index (χ1v) is 9.80. The number of carbonyl (C=O) groups is 1. The maximum Gasteiger partial charge on any atom is 0.280 e. The van der Waals surface area contributed by atoms with Crippen molar-refractivity contribution < 1.29 is 4.79 Å². The van der Waals surface area contributed by atoms with Gasteiger partial charge in [-0.25, -0.2) is 4.98 Å². The molecule has 128 valence electrons. The fourth-order valence-electron chi connectivity index (χ4n) is 3.13. The molecule has 1 aromatic heterocycles. The summed E-state index contributed by atoms with van der Waals surface area (Å²) in [6.45, 7) is 8.21. The molecule has 0 radical (unpaired) electrons. The lowest BCUT2D eigenvalue weighted by Gasteiger charge is -2.39. The van der Waals surface area contributed by atoms with Crippen molar-refractivity contribution in [1.29, 1.82) is 0 Å². The number of nitrogens with one attached hydrogen (secondary N) is 2. The minimum atomic E-state index is -0.0156. The summed E-state index contributed by atoms with van der Waals surface area (Å²) in [5, 5.41) is 7.06. The molecule has 1 amide bonds. The molecule has 0 spiro atoms. The van der Waals surface area contributed by atoms with Gasteiger partial charge in [-0.1, -0.05) is 0 Å². The summed E-state index contributed by atoms with van der Waals surface area (Å²) in [7, 11) is 0. The quantitative estimate of drug-likeness (QED) is 0.720. The average molecular weight is 355 g/mol. The molecule has 7 heteroatoms. The van der Waals surface area contributed by atoms with E-state index in [1.165, 1.54) is 4.88 Å². The highest BCUT2D eigenvalue weighted by molar-refractivity contribution is 7.80. The van der Waals surface area contributed by atoms with E-state index in [-0.39, 0.29) is 17.5 Å². The van der Waals surface area contributed by atoms with Crippen LogP contribution in [0, 0.1) is 0 Å². The molecule has 0 saturated carbocycles. The fraction of sp³-hybridized carbons (Fsp3) is 0.750. The number of thiazole rings is 1. The van der Waals surface area contributed by atoms with Gasteiger partial charge < -0.3 is 10.6 Å². The van der Waals surface area contributed by atoms with E-state index in [0.29, 0.717) is 5.01 Å². The van der Waals surface area contributed by atoms with Crippen molar-refractivity contribution >= 4 is 29.9 Å². The van der Waals surface area contributed by atoms with Crippen LogP contribution in [0.5, 0.6) is 0 Å². The van der Waals surface area contributed by atoms with E-state index in [9.17, 15) is 4.79 Å². The molecule has 1 fully saturated rings. The van der Waals surface area contributed by atoms with Crippen LogP contribution < -0.4 is 10.6 Å².